The Balaban J connectivity index is 2.25. The van der Waals surface area contributed by atoms with E-state index in [1.54, 1.807) is 0 Å². The highest BCUT2D eigenvalue weighted by atomic mass is 14.9. The van der Waals surface area contributed by atoms with Crippen LogP contribution in [0.3, 0.4) is 0 Å². The molecule has 0 amide bonds. The minimum absolute atomic E-state index is 0.731. The lowest BCUT2D eigenvalue weighted by molar-refractivity contribution is 0.714. The molecule has 1 heterocycles. The summed E-state index contributed by atoms with van der Waals surface area (Å²) in [5, 5.41) is 0. The fourth-order valence-corrected chi connectivity index (χ4v) is 2.90. The monoisotopic (exact) mass is 172 g/mol. The summed E-state index contributed by atoms with van der Waals surface area (Å²) in [6, 6.07) is 2.16. The van der Waals surface area contributed by atoms with Crippen molar-refractivity contribution in [3.05, 3.63) is 23.4 Å². The third-order valence-electron chi connectivity index (χ3n) is 3.43. The predicted molar refractivity (Wildman–Crippen MR) is 52.8 cm³/mol. The minimum Gasteiger partial charge on any atom is -0.245 e. The third kappa shape index (κ3) is 0.831. The second-order valence-electron chi connectivity index (χ2n) is 4.00. The number of aromatic nitrogens is 1. The molecule has 2 unspecified atom stereocenters. The van der Waals surface area contributed by atoms with Crippen LogP contribution >= 0.6 is 0 Å². The van der Waals surface area contributed by atoms with E-state index in [9.17, 15) is 0 Å². The molecule has 1 saturated carbocycles. The molecule has 2 nitrogen and oxygen atoms in total. The lowest BCUT2D eigenvalue weighted by atomic mass is 9.93. The lowest BCUT2D eigenvalue weighted by Crippen LogP contribution is -1.98. The summed E-state index contributed by atoms with van der Waals surface area (Å²) in [5.74, 6) is 2.40. The number of rotatable bonds is 1. The molecule has 2 heteroatoms. The van der Waals surface area contributed by atoms with Gasteiger partial charge in [-0.3, -0.25) is 0 Å². The molecular formula is C11H12N2. The molecule has 2 aliphatic rings. The predicted octanol–water partition coefficient (Wildman–Crippen LogP) is 2.78. The van der Waals surface area contributed by atoms with E-state index in [1.807, 2.05) is 6.20 Å². The van der Waals surface area contributed by atoms with E-state index in [0.29, 0.717) is 0 Å². The van der Waals surface area contributed by atoms with Crippen LogP contribution in [0.1, 0.15) is 42.2 Å². The maximum Gasteiger partial charge on any atom is 0.154 e. The molecule has 0 spiro atoms. The largest absolute Gasteiger partial charge is 0.245 e. The Morgan fingerprint density at radius 3 is 3.08 bits per heavy atom. The molecule has 0 aliphatic heterocycles. The standard InChI is InChI=1S/C11H12N2/c1-12-11-10-8-3-2-7(6-8)9(10)4-5-13-11/h4-5,7-8H,1-3,6H2. The van der Waals surface area contributed by atoms with Crippen LogP contribution in [0, 0.1) is 0 Å². The highest BCUT2D eigenvalue weighted by Crippen LogP contribution is 2.54. The van der Waals surface area contributed by atoms with Gasteiger partial charge in [0.1, 0.15) is 0 Å². The summed E-state index contributed by atoms with van der Waals surface area (Å²) < 4.78 is 0. The Labute approximate surface area is 77.7 Å². The number of nitrogens with zero attached hydrogens (tertiary/aromatic N) is 2. The smallest absolute Gasteiger partial charge is 0.154 e. The molecule has 13 heavy (non-hydrogen) atoms. The van der Waals surface area contributed by atoms with Gasteiger partial charge in [0.25, 0.3) is 0 Å². The zero-order valence-corrected chi connectivity index (χ0v) is 7.53. The summed E-state index contributed by atoms with van der Waals surface area (Å²) in [7, 11) is 0. The van der Waals surface area contributed by atoms with Gasteiger partial charge in [-0.2, -0.15) is 0 Å². The molecule has 3 rings (SSSR count). The average molecular weight is 172 g/mol. The molecule has 0 N–H and O–H groups in total. The van der Waals surface area contributed by atoms with Gasteiger partial charge < -0.3 is 0 Å². The van der Waals surface area contributed by atoms with Gasteiger partial charge in [0.15, 0.2) is 5.82 Å². The van der Waals surface area contributed by atoms with Crippen LogP contribution in [-0.2, 0) is 0 Å². The van der Waals surface area contributed by atoms with E-state index in [2.05, 4.69) is 22.8 Å². The molecule has 1 fully saturated rings. The van der Waals surface area contributed by atoms with E-state index in [1.165, 1.54) is 30.4 Å². The van der Waals surface area contributed by atoms with Crippen molar-refractivity contribution < 1.29 is 0 Å². The quantitative estimate of drug-likeness (QED) is 0.598. The van der Waals surface area contributed by atoms with Crippen molar-refractivity contribution in [3.8, 4) is 0 Å². The van der Waals surface area contributed by atoms with Gasteiger partial charge in [-0.05, 0) is 49.4 Å². The Bertz CT molecular complexity index is 370. The second-order valence-corrected chi connectivity index (χ2v) is 4.00. The van der Waals surface area contributed by atoms with Crippen molar-refractivity contribution in [1.82, 2.24) is 4.98 Å². The molecular weight excluding hydrogens is 160 g/mol. The van der Waals surface area contributed by atoms with Crippen molar-refractivity contribution in [3.63, 3.8) is 0 Å². The fraction of sp³-hybridized carbons (Fsp3) is 0.455. The molecule has 0 aromatic carbocycles. The summed E-state index contributed by atoms with van der Waals surface area (Å²) in [5.41, 5.74) is 2.89. The van der Waals surface area contributed by atoms with Gasteiger partial charge in [0, 0.05) is 11.8 Å². The van der Waals surface area contributed by atoms with Gasteiger partial charge >= 0.3 is 0 Å². The molecule has 2 atom stereocenters. The topological polar surface area (TPSA) is 25.2 Å². The van der Waals surface area contributed by atoms with Crippen molar-refractivity contribution >= 4 is 12.5 Å². The van der Waals surface area contributed by atoms with Crippen LogP contribution in [0.2, 0.25) is 0 Å². The number of hydrogen-bond donors (Lipinski definition) is 0. The first-order valence-corrected chi connectivity index (χ1v) is 4.85. The molecule has 2 bridgehead atoms. The SMILES string of the molecule is C=Nc1nccc2c1C1CCC2C1. The normalized spacial score (nSPS) is 28.9. The molecule has 0 saturated heterocycles. The Morgan fingerprint density at radius 2 is 2.23 bits per heavy atom. The molecule has 2 aliphatic carbocycles. The van der Waals surface area contributed by atoms with Crippen LogP contribution < -0.4 is 0 Å². The van der Waals surface area contributed by atoms with Gasteiger partial charge in [-0.1, -0.05) is 0 Å². The van der Waals surface area contributed by atoms with Crippen LogP contribution in [-0.4, -0.2) is 11.7 Å². The van der Waals surface area contributed by atoms with Crippen LogP contribution in [0.5, 0.6) is 0 Å². The van der Waals surface area contributed by atoms with E-state index in [0.717, 1.165) is 17.7 Å². The van der Waals surface area contributed by atoms with E-state index < -0.39 is 0 Å². The van der Waals surface area contributed by atoms with Crippen molar-refractivity contribution in [1.29, 1.82) is 0 Å². The first kappa shape index (κ1) is 7.25. The first-order valence-electron chi connectivity index (χ1n) is 4.85. The van der Waals surface area contributed by atoms with Crippen LogP contribution in [0.15, 0.2) is 17.3 Å². The first-order chi connectivity index (χ1) is 6.40. The number of hydrogen-bond acceptors (Lipinski definition) is 2. The third-order valence-corrected chi connectivity index (χ3v) is 3.43. The zero-order valence-electron chi connectivity index (χ0n) is 7.53. The van der Waals surface area contributed by atoms with E-state index in [-0.39, 0.29) is 0 Å². The summed E-state index contributed by atoms with van der Waals surface area (Å²) in [6.45, 7) is 3.58. The molecule has 1 aromatic heterocycles. The van der Waals surface area contributed by atoms with E-state index in [4.69, 9.17) is 0 Å². The maximum absolute atomic E-state index is 4.26. The van der Waals surface area contributed by atoms with Gasteiger partial charge in [0.05, 0.1) is 0 Å². The summed E-state index contributed by atoms with van der Waals surface area (Å²) >= 11 is 0. The van der Waals surface area contributed by atoms with E-state index >= 15 is 0 Å². The zero-order chi connectivity index (χ0) is 8.84. The molecule has 1 aromatic rings. The molecule has 66 valence electrons. The number of fused-ring (bicyclic) bond motifs is 5. The summed E-state index contributed by atoms with van der Waals surface area (Å²) in [6.07, 6.45) is 5.87. The van der Waals surface area contributed by atoms with Crippen molar-refractivity contribution in [2.75, 3.05) is 0 Å². The van der Waals surface area contributed by atoms with Gasteiger partial charge in [0.2, 0.25) is 0 Å². The number of aliphatic imine (C=N–C) groups is 1. The molecule has 0 radical (unpaired) electrons. The Kier molecular flexibility index (Phi) is 1.34. The maximum atomic E-state index is 4.26. The Morgan fingerprint density at radius 1 is 1.38 bits per heavy atom. The fourth-order valence-electron chi connectivity index (χ4n) is 2.90. The van der Waals surface area contributed by atoms with Crippen LogP contribution in [0.25, 0.3) is 0 Å². The highest BCUT2D eigenvalue weighted by molar-refractivity contribution is 5.55. The van der Waals surface area contributed by atoms with Crippen LogP contribution in [0.4, 0.5) is 5.82 Å². The van der Waals surface area contributed by atoms with Gasteiger partial charge in [-0.15, -0.1) is 0 Å². The lowest BCUT2D eigenvalue weighted by Gasteiger charge is -2.15. The highest BCUT2D eigenvalue weighted by Gasteiger charge is 2.38. The van der Waals surface area contributed by atoms with Crippen molar-refractivity contribution in [2.24, 2.45) is 4.99 Å². The minimum atomic E-state index is 0.731. The van der Waals surface area contributed by atoms with Gasteiger partial charge in [-0.25, -0.2) is 9.98 Å². The second kappa shape index (κ2) is 2.41. The summed E-state index contributed by atoms with van der Waals surface area (Å²) in [4.78, 5) is 8.26. The average Bonchev–Trinajstić information content (AvgIpc) is 2.77. The number of pyridine rings is 1. The Hall–Kier alpha value is -1.18. The van der Waals surface area contributed by atoms with Crippen molar-refractivity contribution in [2.45, 2.75) is 31.1 Å².